The van der Waals surface area contributed by atoms with Gasteiger partial charge in [-0.15, -0.1) is 0 Å². The molecule has 0 atom stereocenters. The number of hydrogen-bond acceptors (Lipinski definition) is 5. The van der Waals surface area contributed by atoms with Crippen molar-refractivity contribution in [2.45, 2.75) is 32.2 Å². The van der Waals surface area contributed by atoms with Crippen molar-refractivity contribution >= 4 is 5.91 Å². The van der Waals surface area contributed by atoms with Crippen LogP contribution in [0.2, 0.25) is 0 Å². The van der Waals surface area contributed by atoms with Crippen molar-refractivity contribution in [1.29, 1.82) is 5.26 Å². The number of nitrogens with one attached hydrogen (secondary N) is 1. The highest BCUT2D eigenvalue weighted by molar-refractivity contribution is 5.85. The average Bonchev–Trinajstić information content (AvgIpc) is 3.18. The van der Waals surface area contributed by atoms with Crippen molar-refractivity contribution in [3.8, 4) is 11.8 Å². The molecule has 1 heterocycles. The minimum Gasteiger partial charge on any atom is -0.492 e. The Balaban J connectivity index is 1.46. The predicted octanol–water partition coefficient (Wildman–Crippen LogP) is 2.10. The quantitative estimate of drug-likeness (QED) is 0.809. The first-order valence-electron chi connectivity index (χ1n) is 9.43. The summed E-state index contributed by atoms with van der Waals surface area (Å²) in [7, 11) is 0. The van der Waals surface area contributed by atoms with Crippen molar-refractivity contribution < 1.29 is 14.3 Å². The molecule has 1 aromatic carbocycles. The Labute approximate surface area is 155 Å². The lowest BCUT2D eigenvalue weighted by Gasteiger charge is -2.26. The van der Waals surface area contributed by atoms with Crippen LogP contribution in [0.15, 0.2) is 24.3 Å². The third kappa shape index (κ3) is 4.75. The Morgan fingerprint density at radius 2 is 2.08 bits per heavy atom. The number of morpholine rings is 1. The van der Waals surface area contributed by atoms with Gasteiger partial charge in [-0.25, -0.2) is 0 Å². The number of amides is 1. The molecule has 1 N–H and O–H groups in total. The molecule has 2 fully saturated rings. The Hall–Kier alpha value is -2.10. The standard InChI is InChI=1S/C20H27N3O3/c21-16-20(6-1-2-7-20)19(24)22-15-17-4-3-5-18(14-17)26-13-10-23-8-11-25-12-9-23/h3-5,14H,1-2,6-13,15H2,(H,22,24). The van der Waals surface area contributed by atoms with E-state index in [1.807, 2.05) is 24.3 Å². The van der Waals surface area contributed by atoms with Crippen molar-refractivity contribution in [2.24, 2.45) is 5.41 Å². The second-order valence-electron chi connectivity index (χ2n) is 7.03. The van der Waals surface area contributed by atoms with Crippen LogP contribution >= 0.6 is 0 Å². The Bertz CT molecular complexity index is 644. The number of rotatable bonds is 7. The number of nitriles is 1. The van der Waals surface area contributed by atoms with Crippen molar-refractivity contribution in [3.63, 3.8) is 0 Å². The van der Waals surface area contributed by atoms with Crippen LogP contribution in [0.4, 0.5) is 0 Å². The molecule has 0 unspecified atom stereocenters. The third-order valence-corrected chi connectivity index (χ3v) is 5.24. The Morgan fingerprint density at radius 3 is 2.81 bits per heavy atom. The van der Waals surface area contributed by atoms with E-state index in [4.69, 9.17) is 9.47 Å². The van der Waals surface area contributed by atoms with Crippen LogP contribution in [0.5, 0.6) is 5.75 Å². The van der Waals surface area contributed by atoms with Gasteiger partial charge in [0, 0.05) is 26.2 Å². The number of carbonyl (C=O) groups is 1. The van der Waals surface area contributed by atoms with Crippen LogP contribution in [-0.2, 0) is 16.1 Å². The summed E-state index contributed by atoms with van der Waals surface area (Å²) in [6.07, 6.45) is 3.24. The van der Waals surface area contributed by atoms with E-state index in [1.54, 1.807) is 0 Å². The van der Waals surface area contributed by atoms with Gasteiger partial charge in [-0.1, -0.05) is 25.0 Å². The molecule has 2 aliphatic rings. The SMILES string of the molecule is N#CC1(C(=O)NCc2cccc(OCCN3CCOCC3)c2)CCCC1. The molecule has 1 saturated carbocycles. The van der Waals surface area contributed by atoms with E-state index in [-0.39, 0.29) is 5.91 Å². The number of carbonyl (C=O) groups excluding carboxylic acids is 1. The monoisotopic (exact) mass is 357 g/mol. The summed E-state index contributed by atoms with van der Waals surface area (Å²) in [4.78, 5) is 14.8. The smallest absolute Gasteiger partial charge is 0.240 e. The van der Waals surface area contributed by atoms with Crippen LogP contribution in [0.1, 0.15) is 31.2 Å². The van der Waals surface area contributed by atoms with Gasteiger partial charge in [0.25, 0.3) is 0 Å². The fourth-order valence-electron chi connectivity index (χ4n) is 3.58. The van der Waals surface area contributed by atoms with Gasteiger partial charge in [0.15, 0.2) is 0 Å². The predicted molar refractivity (Wildman–Crippen MR) is 97.6 cm³/mol. The molecule has 3 rings (SSSR count). The second kappa shape index (κ2) is 9.02. The fraction of sp³-hybridized carbons (Fsp3) is 0.600. The minimum absolute atomic E-state index is 0.142. The molecule has 1 amide bonds. The largest absolute Gasteiger partial charge is 0.492 e. The van der Waals surface area contributed by atoms with E-state index in [0.717, 1.165) is 57.0 Å². The Kier molecular flexibility index (Phi) is 6.48. The van der Waals surface area contributed by atoms with Crippen molar-refractivity contribution in [3.05, 3.63) is 29.8 Å². The van der Waals surface area contributed by atoms with Gasteiger partial charge >= 0.3 is 0 Å². The number of hydrogen-bond donors (Lipinski definition) is 1. The molecular weight excluding hydrogens is 330 g/mol. The lowest BCUT2D eigenvalue weighted by Crippen LogP contribution is -2.38. The first-order chi connectivity index (χ1) is 12.7. The zero-order chi connectivity index (χ0) is 18.2. The maximum atomic E-state index is 12.4. The molecule has 1 aliphatic heterocycles. The first kappa shape index (κ1) is 18.7. The lowest BCUT2D eigenvalue weighted by atomic mass is 9.87. The van der Waals surface area contributed by atoms with Gasteiger partial charge in [0.1, 0.15) is 17.8 Å². The molecule has 1 aliphatic carbocycles. The summed E-state index contributed by atoms with van der Waals surface area (Å²) in [6.45, 7) is 5.43. The molecule has 0 bridgehead atoms. The molecule has 140 valence electrons. The molecule has 1 aromatic rings. The summed E-state index contributed by atoms with van der Waals surface area (Å²) in [5, 5.41) is 12.3. The third-order valence-electron chi connectivity index (χ3n) is 5.24. The van der Waals surface area contributed by atoms with Crippen molar-refractivity contribution in [1.82, 2.24) is 10.2 Å². The highest BCUT2D eigenvalue weighted by Crippen LogP contribution is 2.37. The maximum Gasteiger partial charge on any atom is 0.240 e. The summed E-state index contributed by atoms with van der Waals surface area (Å²) in [5.41, 5.74) is 0.153. The molecule has 6 heteroatoms. The van der Waals surface area contributed by atoms with Crippen LogP contribution < -0.4 is 10.1 Å². The van der Waals surface area contributed by atoms with E-state index < -0.39 is 5.41 Å². The van der Waals surface area contributed by atoms with Crippen LogP contribution in [-0.4, -0.2) is 50.3 Å². The Morgan fingerprint density at radius 1 is 1.31 bits per heavy atom. The summed E-state index contributed by atoms with van der Waals surface area (Å²) < 4.78 is 11.2. The highest BCUT2D eigenvalue weighted by Gasteiger charge is 2.41. The molecule has 0 spiro atoms. The minimum atomic E-state index is -0.827. The normalized spacial score (nSPS) is 19.7. The van der Waals surface area contributed by atoms with Crippen LogP contribution in [0.3, 0.4) is 0 Å². The van der Waals surface area contributed by atoms with Crippen LogP contribution in [0.25, 0.3) is 0 Å². The van der Waals surface area contributed by atoms with E-state index in [0.29, 0.717) is 26.0 Å². The summed E-state index contributed by atoms with van der Waals surface area (Å²) in [6, 6.07) is 10.0. The molecule has 0 aromatic heterocycles. The summed E-state index contributed by atoms with van der Waals surface area (Å²) in [5.74, 6) is 0.664. The van der Waals surface area contributed by atoms with Gasteiger partial charge in [-0.05, 0) is 30.5 Å². The van der Waals surface area contributed by atoms with Gasteiger partial charge in [-0.3, -0.25) is 9.69 Å². The zero-order valence-electron chi connectivity index (χ0n) is 15.2. The van der Waals surface area contributed by atoms with Gasteiger partial charge in [0.2, 0.25) is 5.91 Å². The topological polar surface area (TPSA) is 74.6 Å². The van der Waals surface area contributed by atoms with E-state index >= 15 is 0 Å². The van der Waals surface area contributed by atoms with E-state index in [2.05, 4.69) is 16.3 Å². The first-order valence-corrected chi connectivity index (χ1v) is 9.43. The second-order valence-corrected chi connectivity index (χ2v) is 7.03. The maximum absolute atomic E-state index is 12.4. The molecule has 1 saturated heterocycles. The molecular formula is C20H27N3O3. The van der Waals surface area contributed by atoms with Gasteiger partial charge < -0.3 is 14.8 Å². The van der Waals surface area contributed by atoms with Gasteiger partial charge in [0.05, 0.1) is 19.3 Å². The van der Waals surface area contributed by atoms with Crippen LogP contribution in [0, 0.1) is 16.7 Å². The lowest BCUT2D eigenvalue weighted by molar-refractivity contribution is -0.128. The van der Waals surface area contributed by atoms with E-state index in [1.165, 1.54) is 0 Å². The molecule has 0 radical (unpaired) electrons. The van der Waals surface area contributed by atoms with Crippen molar-refractivity contribution in [2.75, 3.05) is 39.5 Å². The highest BCUT2D eigenvalue weighted by atomic mass is 16.5. The number of ether oxygens (including phenoxy) is 2. The summed E-state index contributed by atoms with van der Waals surface area (Å²) >= 11 is 0. The van der Waals surface area contributed by atoms with E-state index in [9.17, 15) is 10.1 Å². The van der Waals surface area contributed by atoms with Gasteiger partial charge in [-0.2, -0.15) is 5.26 Å². The molecule has 6 nitrogen and oxygen atoms in total. The number of benzene rings is 1. The number of nitrogens with zero attached hydrogens (tertiary/aromatic N) is 2. The fourth-order valence-corrected chi connectivity index (χ4v) is 3.58. The molecule has 26 heavy (non-hydrogen) atoms. The average molecular weight is 357 g/mol. The zero-order valence-corrected chi connectivity index (χ0v) is 15.2.